The number of amides is 1. The summed E-state index contributed by atoms with van der Waals surface area (Å²) < 4.78 is 0. The summed E-state index contributed by atoms with van der Waals surface area (Å²) in [7, 11) is 1.73. The molecule has 2 rings (SSSR count). The molecule has 1 aliphatic rings. The highest BCUT2D eigenvalue weighted by Crippen LogP contribution is 2.38. The molecular formula is C17H25NO. The third-order valence-electron chi connectivity index (χ3n) is 4.37. The molecule has 2 nitrogen and oxygen atoms in total. The van der Waals surface area contributed by atoms with Gasteiger partial charge in [0.15, 0.2) is 0 Å². The Balaban J connectivity index is 2.19. The Kier molecular flexibility index (Phi) is 5.00. The molecule has 1 fully saturated rings. The summed E-state index contributed by atoms with van der Waals surface area (Å²) in [6.07, 6.45) is 7.17. The molecule has 0 radical (unpaired) electrons. The first kappa shape index (κ1) is 14.1. The van der Waals surface area contributed by atoms with Gasteiger partial charge in [0.1, 0.15) is 0 Å². The first-order valence-electron chi connectivity index (χ1n) is 7.48. The Morgan fingerprint density at radius 3 is 2.68 bits per heavy atom. The minimum Gasteiger partial charge on any atom is -0.359 e. The summed E-state index contributed by atoms with van der Waals surface area (Å²) >= 11 is 0. The average molecular weight is 259 g/mol. The van der Waals surface area contributed by atoms with Crippen molar-refractivity contribution < 1.29 is 4.79 Å². The van der Waals surface area contributed by atoms with Gasteiger partial charge < -0.3 is 5.32 Å². The molecule has 0 aromatic heterocycles. The fourth-order valence-corrected chi connectivity index (χ4v) is 3.30. The Morgan fingerprint density at radius 1 is 1.32 bits per heavy atom. The minimum atomic E-state index is 0.164. The predicted molar refractivity (Wildman–Crippen MR) is 79.2 cm³/mol. The molecule has 19 heavy (non-hydrogen) atoms. The second kappa shape index (κ2) is 6.74. The monoisotopic (exact) mass is 259 g/mol. The summed E-state index contributed by atoms with van der Waals surface area (Å²) in [5, 5.41) is 2.78. The number of nitrogens with one attached hydrogen (secondary N) is 1. The van der Waals surface area contributed by atoms with Gasteiger partial charge in [-0.05, 0) is 37.2 Å². The number of carbonyl (C=O) groups is 1. The van der Waals surface area contributed by atoms with Gasteiger partial charge in [-0.1, -0.05) is 49.1 Å². The molecule has 1 N–H and O–H groups in total. The van der Waals surface area contributed by atoms with Crippen LogP contribution in [0.2, 0.25) is 0 Å². The smallest absolute Gasteiger partial charge is 0.220 e. The van der Waals surface area contributed by atoms with Crippen molar-refractivity contribution in [3.05, 3.63) is 35.4 Å². The topological polar surface area (TPSA) is 29.1 Å². The third-order valence-corrected chi connectivity index (χ3v) is 4.37. The maximum atomic E-state index is 11.8. The zero-order valence-electron chi connectivity index (χ0n) is 12.1. The van der Waals surface area contributed by atoms with Gasteiger partial charge in [0.05, 0.1) is 0 Å². The SMILES string of the molecule is CNC(=O)CC(c1cccc(C)c1)C1CCCCC1. The average Bonchev–Trinajstić information content (AvgIpc) is 2.45. The van der Waals surface area contributed by atoms with Crippen LogP contribution in [-0.4, -0.2) is 13.0 Å². The maximum Gasteiger partial charge on any atom is 0.220 e. The van der Waals surface area contributed by atoms with E-state index in [-0.39, 0.29) is 5.91 Å². The van der Waals surface area contributed by atoms with Crippen LogP contribution < -0.4 is 5.32 Å². The van der Waals surface area contributed by atoms with Crippen LogP contribution in [-0.2, 0) is 4.79 Å². The van der Waals surface area contributed by atoms with Crippen LogP contribution in [0.1, 0.15) is 55.6 Å². The number of hydrogen-bond donors (Lipinski definition) is 1. The standard InChI is InChI=1S/C17H25NO/c1-13-7-6-10-15(11-13)16(12-17(19)18-2)14-8-4-3-5-9-14/h6-7,10-11,14,16H,3-5,8-9,12H2,1-2H3,(H,18,19). The highest BCUT2D eigenvalue weighted by atomic mass is 16.1. The largest absolute Gasteiger partial charge is 0.359 e. The van der Waals surface area contributed by atoms with Gasteiger partial charge in [0.25, 0.3) is 0 Å². The van der Waals surface area contributed by atoms with E-state index in [1.54, 1.807) is 7.05 Å². The first-order valence-corrected chi connectivity index (χ1v) is 7.48. The summed E-state index contributed by atoms with van der Waals surface area (Å²) in [6.45, 7) is 2.13. The molecule has 2 heteroatoms. The van der Waals surface area contributed by atoms with Crippen molar-refractivity contribution in [2.75, 3.05) is 7.05 Å². The van der Waals surface area contributed by atoms with E-state index in [0.717, 1.165) is 0 Å². The number of aryl methyl sites for hydroxylation is 1. The van der Waals surface area contributed by atoms with E-state index in [1.165, 1.54) is 43.2 Å². The van der Waals surface area contributed by atoms with Crippen LogP contribution >= 0.6 is 0 Å². The Hall–Kier alpha value is -1.31. The fraction of sp³-hybridized carbons (Fsp3) is 0.588. The predicted octanol–water partition coefficient (Wildman–Crippen LogP) is 3.80. The summed E-state index contributed by atoms with van der Waals surface area (Å²) in [5.74, 6) is 1.23. The number of rotatable bonds is 4. The van der Waals surface area contributed by atoms with Gasteiger partial charge >= 0.3 is 0 Å². The highest BCUT2D eigenvalue weighted by molar-refractivity contribution is 5.76. The zero-order valence-corrected chi connectivity index (χ0v) is 12.1. The van der Waals surface area contributed by atoms with Crippen molar-refractivity contribution in [1.29, 1.82) is 0 Å². The minimum absolute atomic E-state index is 0.164. The van der Waals surface area contributed by atoms with Crippen molar-refractivity contribution in [3.8, 4) is 0 Å². The van der Waals surface area contributed by atoms with E-state index < -0.39 is 0 Å². The lowest BCUT2D eigenvalue weighted by atomic mass is 9.75. The molecule has 1 aromatic carbocycles. The van der Waals surface area contributed by atoms with Crippen molar-refractivity contribution in [2.24, 2.45) is 5.92 Å². The van der Waals surface area contributed by atoms with Crippen LogP contribution in [0, 0.1) is 12.8 Å². The summed E-state index contributed by atoms with van der Waals surface area (Å²) in [6, 6.07) is 8.68. The van der Waals surface area contributed by atoms with Gasteiger partial charge in [0, 0.05) is 13.5 Å². The van der Waals surface area contributed by atoms with Gasteiger partial charge in [-0.15, -0.1) is 0 Å². The van der Waals surface area contributed by atoms with Crippen LogP contribution in [0.4, 0.5) is 0 Å². The molecule has 1 aromatic rings. The molecule has 1 unspecified atom stereocenters. The zero-order chi connectivity index (χ0) is 13.7. The van der Waals surface area contributed by atoms with Crippen LogP contribution in [0.5, 0.6) is 0 Å². The number of carbonyl (C=O) groups excluding carboxylic acids is 1. The molecular weight excluding hydrogens is 234 g/mol. The van der Waals surface area contributed by atoms with E-state index in [1.807, 2.05) is 0 Å². The van der Waals surface area contributed by atoms with Gasteiger partial charge in [-0.2, -0.15) is 0 Å². The molecule has 0 bridgehead atoms. The normalized spacial score (nSPS) is 18.0. The highest BCUT2D eigenvalue weighted by Gasteiger charge is 2.26. The van der Waals surface area contributed by atoms with Gasteiger partial charge in [-0.25, -0.2) is 0 Å². The lowest BCUT2D eigenvalue weighted by molar-refractivity contribution is -0.121. The maximum absolute atomic E-state index is 11.8. The van der Waals surface area contributed by atoms with Crippen molar-refractivity contribution in [3.63, 3.8) is 0 Å². The lowest BCUT2D eigenvalue weighted by Gasteiger charge is -2.30. The number of hydrogen-bond acceptors (Lipinski definition) is 1. The molecule has 0 heterocycles. The fourth-order valence-electron chi connectivity index (χ4n) is 3.30. The van der Waals surface area contributed by atoms with Gasteiger partial charge in [-0.3, -0.25) is 4.79 Å². The molecule has 0 aliphatic heterocycles. The second-order valence-electron chi connectivity index (χ2n) is 5.80. The lowest BCUT2D eigenvalue weighted by Crippen LogP contribution is -2.25. The van der Waals surface area contributed by atoms with E-state index in [0.29, 0.717) is 18.3 Å². The van der Waals surface area contributed by atoms with E-state index in [2.05, 4.69) is 36.5 Å². The van der Waals surface area contributed by atoms with Crippen LogP contribution in [0.15, 0.2) is 24.3 Å². The van der Waals surface area contributed by atoms with Crippen molar-refractivity contribution >= 4 is 5.91 Å². The Morgan fingerprint density at radius 2 is 2.05 bits per heavy atom. The quantitative estimate of drug-likeness (QED) is 0.875. The van der Waals surface area contributed by atoms with E-state index in [9.17, 15) is 4.79 Å². The molecule has 1 aliphatic carbocycles. The summed E-state index contributed by atoms with van der Waals surface area (Å²) in [4.78, 5) is 11.8. The molecule has 0 saturated heterocycles. The molecule has 1 amide bonds. The summed E-state index contributed by atoms with van der Waals surface area (Å²) in [5.41, 5.74) is 2.63. The van der Waals surface area contributed by atoms with E-state index in [4.69, 9.17) is 0 Å². The second-order valence-corrected chi connectivity index (χ2v) is 5.80. The molecule has 0 spiro atoms. The molecule has 104 valence electrons. The van der Waals surface area contributed by atoms with Crippen molar-refractivity contribution in [1.82, 2.24) is 5.32 Å². The Labute approximate surface area is 116 Å². The van der Waals surface area contributed by atoms with Crippen LogP contribution in [0.25, 0.3) is 0 Å². The molecule has 1 saturated carbocycles. The van der Waals surface area contributed by atoms with Crippen molar-refractivity contribution in [2.45, 2.75) is 51.4 Å². The molecule has 1 atom stereocenters. The third kappa shape index (κ3) is 3.82. The van der Waals surface area contributed by atoms with E-state index >= 15 is 0 Å². The number of benzene rings is 1. The Bertz CT molecular complexity index is 421. The van der Waals surface area contributed by atoms with Crippen LogP contribution in [0.3, 0.4) is 0 Å². The first-order chi connectivity index (χ1) is 9.20. The van der Waals surface area contributed by atoms with Gasteiger partial charge in [0.2, 0.25) is 5.91 Å².